The molecular weight excluding hydrogens is 196 g/mol. The molecule has 2 atom stereocenters. The third kappa shape index (κ3) is 2.00. The Morgan fingerprint density at radius 1 is 1.31 bits per heavy atom. The van der Waals surface area contributed by atoms with Crippen LogP contribution in [0.2, 0.25) is 0 Å². The van der Waals surface area contributed by atoms with Gasteiger partial charge in [-0.3, -0.25) is 4.79 Å². The Bertz CT molecular complexity index is 371. The molecule has 0 N–H and O–H groups in total. The maximum atomic E-state index is 11.9. The second kappa shape index (κ2) is 3.87. The van der Waals surface area contributed by atoms with Gasteiger partial charge in [0.25, 0.3) is 0 Å². The fourth-order valence-electron chi connectivity index (χ4n) is 2.89. The molecule has 2 unspecified atom stereocenters. The first-order valence-electron chi connectivity index (χ1n) is 6.30. The van der Waals surface area contributed by atoms with Gasteiger partial charge in [0.2, 0.25) is 0 Å². The van der Waals surface area contributed by atoms with E-state index in [1.165, 1.54) is 5.57 Å². The molecule has 1 fully saturated rings. The molecule has 2 aliphatic rings. The van der Waals surface area contributed by atoms with Crippen molar-refractivity contribution in [2.75, 3.05) is 0 Å². The molecule has 0 aromatic rings. The second-order valence-electron chi connectivity index (χ2n) is 6.02. The summed E-state index contributed by atoms with van der Waals surface area (Å²) in [5.41, 5.74) is 2.79. The molecule has 0 spiro atoms. The van der Waals surface area contributed by atoms with Gasteiger partial charge < -0.3 is 0 Å². The minimum Gasteiger partial charge on any atom is -0.295 e. The maximum absolute atomic E-state index is 11.9. The number of carbonyl (C=O) groups is 1. The van der Waals surface area contributed by atoms with E-state index in [1.54, 1.807) is 0 Å². The van der Waals surface area contributed by atoms with E-state index < -0.39 is 0 Å². The molecule has 0 radical (unpaired) electrons. The number of rotatable bonds is 0. The molecular formula is C15H22O. The molecule has 1 nitrogen and oxygen atoms in total. The highest BCUT2D eigenvalue weighted by atomic mass is 16.1. The highest BCUT2D eigenvalue weighted by molar-refractivity contribution is 5.95. The van der Waals surface area contributed by atoms with Gasteiger partial charge in [0, 0.05) is 6.42 Å². The van der Waals surface area contributed by atoms with Crippen LogP contribution in [-0.2, 0) is 4.79 Å². The van der Waals surface area contributed by atoms with Gasteiger partial charge in [0.15, 0.2) is 5.78 Å². The van der Waals surface area contributed by atoms with Crippen molar-refractivity contribution in [3.05, 3.63) is 23.3 Å². The average molecular weight is 218 g/mol. The predicted octanol–water partition coefficient (Wildman–Crippen LogP) is 3.90. The lowest BCUT2D eigenvalue weighted by atomic mass is 10.00. The number of ketones is 1. The number of hydrogen-bond donors (Lipinski definition) is 0. The Kier molecular flexibility index (Phi) is 2.81. The van der Waals surface area contributed by atoms with E-state index in [1.807, 2.05) is 6.92 Å². The zero-order chi connectivity index (χ0) is 11.9. The van der Waals surface area contributed by atoms with Crippen molar-refractivity contribution in [3.8, 4) is 0 Å². The lowest BCUT2D eigenvalue weighted by Gasteiger charge is -2.04. The fraction of sp³-hybridized carbons (Fsp3) is 0.667. The van der Waals surface area contributed by atoms with E-state index in [4.69, 9.17) is 0 Å². The minimum absolute atomic E-state index is 0.335. The first-order chi connectivity index (χ1) is 7.43. The number of Topliss-reactive ketones (excluding diaryl/α,β-unsaturated/α-hetero) is 1. The van der Waals surface area contributed by atoms with Gasteiger partial charge >= 0.3 is 0 Å². The summed E-state index contributed by atoms with van der Waals surface area (Å²) < 4.78 is 0. The summed E-state index contributed by atoms with van der Waals surface area (Å²) in [6, 6.07) is 0. The molecule has 88 valence electrons. The molecule has 1 saturated carbocycles. The monoisotopic (exact) mass is 218 g/mol. The van der Waals surface area contributed by atoms with Crippen LogP contribution in [0.15, 0.2) is 23.3 Å². The van der Waals surface area contributed by atoms with Crippen molar-refractivity contribution in [1.82, 2.24) is 0 Å². The fourth-order valence-corrected chi connectivity index (χ4v) is 2.89. The molecule has 1 heteroatoms. The van der Waals surface area contributed by atoms with E-state index in [9.17, 15) is 4.79 Å². The van der Waals surface area contributed by atoms with Gasteiger partial charge in [0.1, 0.15) is 0 Å². The topological polar surface area (TPSA) is 17.1 Å². The van der Waals surface area contributed by atoms with Crippen LogP contribution in [0, 0.1) is 17.3 Å². The summed E-state index contributed by atoms with van der Waals surface area (Å²) in [5, 5.41) is 0. The van der Waals surface area contributed by atoms with Crippen molar-refractivity contribution >= 4 is 5.78 Å². The standard InChI is InChI=1S/C15H22O/c1-10-6-5-7-11(2)14(16)9-13-12(8-10)15(13,3)4/h7-8,12-13H,5-6,9H2,1-4H3. The highest BCUT2D eigenvalue weighted by Gasteiger charge is 2.56. The summed E-state index contributed by atoms with van der Waals surface area (Å²) in [6.45, 7) is 8.76. The largest absolute Gasteiger partial charge is 0.295 e. The van der Waals surface area contributed by atoms with Crippen LogP contribution < -0.4 is 0 Å². The number of allylic oxidation sites excluding steroid dienone is 4. The minimum atomic E-state index is 0.335. The third-order valence-electron chi connectivity index (χ3n) is 4.44. The molecule has 0 aliphatic heterocycles. The van der Waals surface area contributed by atoms with E-state index in [0.717, 1.165) is 24.8 Å². The van der Waals surface area contributed by atoms with Gasteiger partial charge in [-0.25, -0.2) is 0 Å². The van der Waals surface area contributed by atoms with Gasteiger partial charge in [-0.1, -0.05) is 31.6 Å². The van der Waals surface area contributed by atoms with E-state index in [2.05, 4.69) is 32.9 Å². The summed E-state index contributed by atoms with van der Waals surface area (Å²) in [7, 11) is 0. The molecule has 0 aromatic carbocycles. The molecule has 2 rings (SSSR count). The predicted molar refractivity (Wildman–Crippen MR) is 67.1 cm³/mol. The van der Waals surface area contributed by atoms with E-state index in [0.29, 0.717) is 23.0 Å². The van der Waals surface area contributed by atoms with Crippen LogP contribution in [0.25, 0.3) is 0 Å². The molecule has 0 saturated heterocycles. The van der Waals surface area contributed by atoms with Crippen molar-refractivity contribution in [2.45, 2.75) is 47.0 Å². The Hall–Kier alpha value is -0.850. The van der Waals surface area contributed by atoms with Gasteiger partial charge in [0.05, 0.1) is 0 Å². The van der Waals surface area contributed by atoms with Crippen LogP contribution in [0.4, 0.5) is 0 Å². The maximum Gasteiger partial charge on any atom is 0.158 e. The second-order valence-corrected chi connectivity index (χ2v) is 6.02. The SMILES string of the molecule is CC1=CC2C(CC(=O)C(C)=CCC1)C2(C)C. The smallest absolute Gasteiger partial charge is 0.158 e. The molecule has 0 aromatic heterocycles. The number of hydrogen-bond acceptors (Lipinski definition) is 1. The van der Waals surface area contributed by atoms with Crippen molar-refractivity contribution in [3.63, 3.8) is 0 Å². The summed E-state index contributed by atoms with van der Waals surface area (Å²) in [6.07, 6.45) is 7.37. The molecule has 0 amide bonds. The normalized spacial score (nSPS) is 33.6. The molecule has 0 bridgehead atoms. The zero-order valence-corrected chi connectivity index (χ0v) is 10.8. The van der Waals surface area contributed by atoms with Gasteiger partial charge in [-0.05, 0) is 49.5 Å². The van der Waals surface area contributed by atoms with E-state index in [-0.39, 0.29) is 0 Å². The summed E-state index contributed by atoms with van der Waals surface area (Å²) in [5.74, 6) is 1.55. The summed E-state index contributed by atoms with van der Waals surface area (Å²) >= 11 is 0. The number of fused-ring (bicyclic) bond motifs is 1. The lowest BCUT2D eigenvalue weighted by molar-refractivity contribution is -0.116. The number of carbonyl (C=O) groups excluding carboxylic acids is 1. The van der Waals surface area contributed by atoms with Gasteiger partial charge in [-0.15, -0.1) is 0 Å². The van der Waals surface area contributed by atoms with Crippen LogP contribution in [-0.4, -0.2) is 5.78 Å². The Morgan fingerprint density at radius 2 is 2.00 bits per heavy atom. The van der Waals surface area contributed by atoms with Gasteiger partial charge in [-0.2, -0.15) is 0 Å². The first-order valence-corrected chi connectivity index (χ1v) is 6.30. The van der Waals surface area contributed by atoms with Crippen LogP contribution in [0.5, 0.6) is 0 Å². The highest BCUT2D eigenvalue weighted by Crippen LogP contribution is 2.61. The Labute approximate surface area is 98.6 Å². The van der Waals surface area contributed by atoms with Crippen molar-refractivity contribution < 1.29 is 4.79 Å². The quantitative estimate of drug-likeness (QED) is 0.563. The van der Waals surface area contributed by atoms with Crippen LogP contribution in [0.1, 0.15) is 47.0 Å². The average Bonchev–Trinajstić information content (AvgIpc) is 2.68. The molecule has 2 aliphatic carbocycles. The van der Waals surface area contributed by atoms with Crippen LogP contribution in [0.3, 0.4) is 0 Å². The third-order valence-corrected chi connectivity index (χ3v) is 4.44. The summed E-state index contributed by atoms with van der Waals surface area (Å²) in [4.78, 5) is 11.9. The van der Waals surface area contributed by atoms with E-state index >= 15 is 0 Å². The first kappa shape index (κ1) is 11.6. The Balaban J connectivity index is 2.23. The van der Waals surface area contributed by atoms with Crippen molar-refractivity contribution in [1.29, 1.82) is 0 Å². The zero-order valence-electron chi connectivity index (χ0n) is 10.8. The molecule has 0 heterocycles. The lowest BCUT2D eigenvalue weighted by Crippen LogP contribution is -2.04. The Morgan fingerprint density at radius 3 is 2.69 bits per heavy atom. The molecule has 16 heavy (non-hydrogen) atoms. The van der Waals surface area contributed by atoms with Crippen LogP contribution >= 0.6 is 0 Å². The van der Waals surface area contributed by atoms with Crippen molar-refractivity contribution in [2.24, 2.45) is 17.3 Å².